The van der Waals surface area contributed by atoms with Gasteiger partial charge in [0, 0.05) is 6.08 Å². The highest BCUT2D eigenvalue weighted by molar-refractivity contribution is 5.91. The Morgan fingerprint density at radius 2 is 2.05 bits per heavy atom. The molecule has 0 aliphatic carbocycles. The molecule has 0 aliphatic rings. The Kier molecular flexibility index (Phi) is 5.65. The van der Waals surface area contributed by atoms with Crippen LogP contribution >= 0.6 is 0 Å². The van der Waals surface area contributed by atoms with Crippen molar-refractivity contribution in [2.45, 2.75) is 13.0 Å². The lowest BCUT2D eigenvalue weighted by Crippen LogP contribution is -2.32. The van der Waals surface area contributed by atoms with E-state index < -0.39 is 0 Å². The Morgan fingerprint density at radius 3 is 2.73 bits per heavy atom. The van der Waals surface area contributed by atoms with E-state index in [2.05, 4.69) is 5.32 Å². The van der Waals surface area contributed by atoms with Gasteiger partial charge in [-0.05, 0) is 37.3 Å². The minimum Gasteiger partial charge on any atom is -0.493 e. The molecule has 1 N–H and O–H groups in total. The molecule has 22 heavy (non-hydrogen) atoms. The van der Waals surface area contributed by atoms with Crippen molar-refractivity contribution in [3.05, 3.63) is 54.5 Å². The Morgan fingerprint density at radius 1 is 1.27 bits per heavy atom. The molecule has 0 saturated carbocycles. The van der Waals surface area contributed by atoms with Crippen LogP contribution in [0.15, 0.2) is 53.2 Å². The Hall–Kier alpha value is -2.69. The molecule has 116 valence electrons. The summed E-state index contributed by atoms with van der Waals surface area (Å²) in [6, 6.07) is 10.9. The number of rotatable bonds is 7. The van der Waals surface area contributed by atoms with Gasteiger partial charge in [0.25, 0.3) is 0 Å². The van der Waals surface area contributed by atoms with E-state index >= 15 is 0 Å². The summed E-state index contributed by atoms with van der Waals surface area (Å²) in [7, 11) is 1.59. The molecule has 0 bridgehead atoms. The summed E-state index contributed by atoms with van der Waals surface area (Å²) in [6.07, 6.45) is 4.41. The second-order valence-corrected chi connectivity index (χ2v) is 4.67. The summed E-state index contributed by atoms with van der Waals surface area (Å²) in [5.41, 5.74) is 0. The average molecular weight is 301 g/mol. The average Bonchev–Trinajstić information content (AvgIpc) is 3.05. The molecule has 0 radical (unpaired) electrons. The van der Waals surface area contributed by atoms with Crippen molar-refractivity contribution in [1.82, 2.24) is 5.32 Å². The highest BCUT2D eigenvalue weighted by atomic mass is 16.5. The fourth-order valence-corrected chi connectivity index (χ4v) is 1.82. The molecule has 2 aromatic rings. The smallest absolute Gasteiger partial charge is 0.244 e. The number of furan rings is 1. The van der Waals surface area contributed by atoms with Crippen molar-refractivity contribution in [3.8, 4) is 11.5 Å². The Bertz CT molecular complexity index is 619. The van der Waals surface area contributed by atoms with Gasteiger partial charge in [0.1, 0.15) is 11.9 Å². The van der Waals surface area contributed by atoms with Crippen LogP contribution in [0.3, 0.4) is 0 Å². The van der Waals surface area contributed by atoms with E-state index in [0.717, 1.165) is 0 Å². The predicted octanol–water partition coefficient (Wildman–Crippen LogP) is 2.89. The van der Waals surface area contributed by atoms with Gasteiger partial charge < -0.3 is 19.2 Å². The molecule has 1 aromatic carbocycles. The minimum absolute atomic E-state index is 0.183. The number of amides is 1. The number of hydrogen-bond acceptors (Lipinski definition) is 4. The van der Waals surface area contributed by atoms with E-state index in [4.69, 9.17) is 13.9 Å². The summed E-state index contributed by atoms with van der Waals surface area (Å²) in [6.45, 7) is 2.27. The fraction of sp³-hybridized carbons (Fsp3) is 0.235. The summed E-state index contributed by atoms with van der Waals surface area (Å²) in [4.78, 5) is 11.7. The number of para-hydroxylation sites is 2. The second kappa shape index (κ2) is 7.93. The standard InChI is InChI=1S/C17H19NO4/c1-13(22-16-8-4-3-7-15(16)20-2)12-18-17(19)10-9-14-6-5-11-21-14/h3-11,13H,12H2,1-2H3,(H,18,19). The largest absolute Gasteiger partial charge is 0.493 e. The molecule has 5 nitrogen and oxygen atoms in total. The first-order chi connectivity index (χ1) is 10.7. The predicted molar refractivity (Wildman–Crippen MR) is 83.8 cm³/mol. The van der Waals surface area contributed by atoms with E-state index in [9.17, 15) is 4.79 Å². The third kappa shape index (κ3) is 4.70. The molecular formula is C17H19NO4. The quantitative estimate of drug-likeness (QED) is 0.799. The van der Waals surface area contributed by atoms with Gasteiger partial charge in [-0.2, -0.15) is 0 Å². The molecule has 0 saturated heterocycles. The molecule has 1 unspecified atom stereocenters. The van der Waals surface area contributed by atoms with Crippen molar-refractivity contribution in [2.24, 2.45) is 0 Å². The molecule has 1 heterocycles. The Balaban J connectivity index is 1.80. The van der Waals surface area contributed by atoms with Gasteiger partial charge in [-0.1, -0.05) is 12.1 Å². The number of benzene rings is 1. The number of carbonyl (C=O) groups is 1. The SMILES string of the molecule is COc1ccccc1OC(C)CNC(=O)C=Cc1ccco1. The number of carbonyl (C=O) groups excluding carboxylic acids is 1. The van der Waals surface area contributed by atoms with Gasteiger partial charge in [-0.15, -0.1) is 0 Å². The topological polar surface area (TPSA) is 60.7 Å². The molecule has 0 aliphatic heterocycles. The number of methoxy groups -OCH3 is 1. The van der Waals surface area contributed by atoms with Crippen molar-refractivity contribution in [3.63, 3.8) is 0 Å². The lowest BCUT2D eigenvalue weighted by atomic mass is 10.3. The normalized spacial score (nSPS) is 12.1. The fourth-order valence-electron chi connectivity index (χ4n) is 1.82. The summed E-state index contributed by atoms with van der Waals surface area (Å²) in [5, 5.41) is 2.77. The van der Waals surface area contributed by atoms with Crippen molar-refractivity contribution >= 4 is 12.0 Å². The lowest BCUT2D eigenvalue weighted by molar-refractivity contribution is -0.116. The molecule has 2 rings (SSSR count). The van der Waals surface area contributed by atoms with Crippen molar-refractivity contribution < 1.29 is 18.7 Å². The maximum Gasteiger partial charge on any atom is 0.244 e. The molecule has 1 aromatic heterocycles. The molecule has 0 spiro atoms. The van der Waals surface area contributed by atoms with E-state index in [1.165, 1.54) is 6.08 Å². The number of hydrogen-bond donors (Lipinski definition) is 1. The molecule has 1 amide bonds. The maximum atomic E-state index is 11.7. The van der Waals surface area contributed by atoms with Crippen LogP contribution in [-0.2, 0) is 4.79 Å². The van der Waals surface area contributed by atoms with E-state index in [0.29, 0.717) is 23.8 Å². The summed E-state index contributed by atoms with van der Waals surface area (Å²) in [5.74, 6) is 1.75. The second-order valence-electron chi connectivity index (χ2n) is 4.67. The van der Waals surface area contributed by atoms with E-state index in [1.54, 1.807) is 31.6 Å². The van der Waals surface area contributed by atoms with E-state index in [1.807, 2.05) is 31.2 Å². The van der Waals surface area contributed by atoms with Gasteiger partial charge in [-0.25, -0.2) is 0 Å². The molecular weight excluding hydrogens is 282 g/mol. The maximum absolute atomic E-state index is 11.7. The zero-order chi connectivity index (χ0) is 15.8. The monoisotopic (exact) mass is 301 g/mol. The first kappa shape index (κ1) is 15.7. The molecule has 5 heteroatoms. The zero-order valence-corrected chi connectivity index (χ0v) is 12.6. The van der Waals surface area contributed by atoms with Crippen LogP contribution in [-0.4, -0.2) is 25.7 Å². The van der Waals surface area contributed by atoms with Crippen LogP contribution in [0.5, 0.6) is 11.5 Å². The lowest BCUT2D eigenvalue weighted by Gasteiger charge is -2.16. The first-order valence-electron chi connectivity index (χ1n) is 6.98. The van der Waals surface area contributed by atoms with Crippen LogP contribution in [0.1, 0.15) is 12.7 Å². The molecule has 0 fully saturated rings. The van der Waals surface area contributed by atoms with Gasteiger partial charge in [0.2, 0.25) is 5.91 Å². The summed E-state index contributed by atoms with van der Waals surface area (Å²) < 4.78 is 16.1. The van der Waals surface area contributed by atoms with Crippen LogP contribution in [0.2, 0.25) is 0 Å². The minimum atomic E-state index is -0.202. The van der Waals surface area contributed by atoms with Crippen LogP contribution < -0.4 is 14.8 Å². The third-order valence-corrected chi connectivity index (χ3v) is 2.90. The van der Waals surface area contributed by atoms with Gasteiger partial charge in [0.05, 0.1) is 19.9 Å². The van der Waals surface area contributed by atoms with Gasteiger partial charge >= 0.3 is 0 Å². The Labute approximate surface area is 129 Å². The van der Waals surface area contributed by atoms with E-state index in [-0.39, 0.29) is 12.0 Å². The zero-order valence-electron chi connectivity index (χ0n) is 12.6. The molecule has 1 atom stereocenters. The highest BCUT2D eigenvalue weighted by Crippen LogP contribution is 2.26. The number of ether oxygens (including phenoxy) is 2. The third-order valence-electron chi connectivity index (χ3n) is 2.90. The van der Waals surface area contributed by atoms with Crippen LogP contribution in [0, 0.1) is 0 Å². The summed E-state index contributed by atoms with van der Waals surface area (Å²) >= 11 is 0. The highest BCUT2D eigenvalue weighted by Gasteiger charge is 2.09. The van der Waals surface area contributed by atoms with Gasteiger partial charge in [-0.3, -0.25) is 4.79 Å². The van der Waals surface area contributed by atoms with Crippen LogP contribution in [0.4, 0.5) is 0 Å². The van der Waals surface area contributed by atoms with Crippen molar-refractivity contribution in [1.29, 1.82) is 0 Å². The first-order valence-corrected chi connectivity index (χ1v) is 6.98. The van der Waals surface area contributed by atoms with Gasteiger partial charge in [0.15, 0.2) is 11.5 Å². The van der Waals surface area contributed by atoms with Crippen molar-refractivity contribution in [2.75, 3.05) is 13.7 Å². The number of nitrogens with one attached hydrogen (secondary N) is 1. The van der Waals surface area contributed by atoms with Crippen LogP contribution in [0.25, 0.3) is 6.08 Å².